The summed E-state index contributed by atoms with van der Waals surface area (Å²) in [6, 6.07) is 0. The number of ether oxygens (including phenoxy) is 3. The number of unbranched alkanes of at least 4 members (excludes halogenated alkanes) is 19. The lowest BCUT2D eigenvalue weighted by atomic mass is 10.1. The van der Waals surface area contributed by atoms with Crippen molar-refractivity contribution in [2.24, 2.45) is 0 Å². The van der Waals surface area contributed by atoms with Gasteiger partial charge in [-0.1, -0.05) is 293 Å². The largest absolute Gasteiger partial charge is 0.472 e. The van der Waals surface area contributed by atoms with E-state index in [0.29, 0.717) is 25.7 Å². The molecule has 0 aromatic carbocycles. The predicted molar refractivity (Wildman–Crippen MR) is 426 cm³/mol. The maximum absolute atomic E-state index is 13.0. The molecule has 0 heterocycles. The van der Waals surface area contributed by atoms with Crippen molar-refractivity contribution in [1.29, 1.82) is 0 Å². The smallest absolute Gasteiger partial charge is 0.463 e. The second-order valence-electron chi connectivity index (χ2n) is 25.4. The standard InChI is InChI=1S/C85H138O16P2/c1-4-7-10-13-16-19-22-25-28-31-34-36-38-39-41-43-45-47-50-53-56-59-62-65-68-71-83(88)95-74-80(86)75-97-102(91,92)98-76-81(87)77-99-103(93,94)100-79-82(101-85(90)73-70-67-64-61-58-55-52-49-44-33-30-27-24-21-18-15-12-9-6-3)78-96-84(89)72-69-66-63-60-57-54-51-48-46-42-40-37-35-32-29-26-23-20-17-14-11-8-5-2/h7,9-10,12,16-21,25-30,34-37,39,41-42,44,46,49,55,58,64,67,80-82,86-87H,4-6,8,11,13-15,22-24,31-33,38,40,43,45,47-48,50-54,56-57,59-63,65-66,68-79H2,1-3H3,(H,91,92)(H,93,94)/b10-7-,12-9-,19-16-,20-17-,21-18-,28-25-,29-26-,30-27-,36-34-,37-35-,41-39-,46-42-,49-44-,58-55-,67-64-. The lowest BCUT2D eigenvalue weighted by Crippen LogP contribution is -2.29. The van der Waals surface area contributed by atoms with Crippen molar-refractivity contribution in [2.75, 3.05) is 39.6 Å². The van der Waals surface area contributed by atoms with Crippen molar-refractivity contribution in [1.82, 2.24) is 0 Å². The fourth-order valence-electron chi connectivity index (χ4n) is 9.72. The maximum atomic E-state index is 13.0. The number of hydrogen-bond acceptors (Lipinski definition) is 14. The van der Waals surface area contributed by atoms with Gasteiger partial charge in [-0.25, -0.2) is 9.13 Å². The van der Waals surface area contributed by atoms with Gasteiger partial charge in [0, 0.05) is 19.3 Å². The van der Waals surface area contributed by atoms with Crippen LogP contribution in [0.25, 0.3) is 0 Å². The van der Waals surface area contributed by atoms with Crippen LogP contribution in [0.1, 0.15) is 278 Å². The van der Waals surface area contributed by atoms with Crippen LogP contribution in [0, 0.1) is 0 Å². The van der Waals surface area contributed by atoms with Gasteiger partial charge in [0.15, 0.2) is 6.10 Å². The monoisotopic (exact) mass is 1480 g/mol. The molecule has 5 atom stereocenters. The third-order valence-corrected chi connectivity index (χ3v) is 17.5. The minimum absolute atomic E-state index is 0.0303. The average molecular weight is 1480 g/mol. The van der Waals surface area contributed by atoms with Crippen LogP contribution in [0.5, 0.6) is 0 Å². The number of esters is 3. The molecule has 0 radical (unpaired) electrons. The molecule has 4 N–H and O–H groups in total. The van der Waals surface area contributed by atoms with Crippen LogP contribution in [-0.4, -0.2) is 95.9 Å². The van der Waals surface area contributed by atoms with Gasteiger partial charge in [0.05, 0.1) is 26.4 Å². The molecular weight excluding hydrogens is 1340 g/mol. The zero-order valence-electron chi connectivity index (χ0n) is 63.7. The Morgan fingerprint density at radius 1 is 0.282 bits per heavy atom. The summed E-state index contributed by atoms with van der Waals surface area (Å²) < 4.78 is 61.1. The SMILES string of the molecule is CC/C=C\C/C=C\C/C=C\C/C=C\C/C=C\C/C=C\CCC(=O)OC(COC(=O)CCCCCCCCC/C=C\C/C=C\C/C=C\C/C=C\CCCCC)COP(=O)(O)OCC(O)COP(=O)(O)OCC(O)COC(=O)CCCCCCCCCCC/C=C\C/C=C\C/C=C\C/C=C\C/C=C\CC. The summed E-state index contributed by atoms with van der Waals surface area (Å²) in [7, 11) is -9.84. The van der Waals surface area contributed by atoms with E-state index in [1.165, 1.54) is 51.4 Å². The molecule has 0 amide bonds. The van der Waals surface area contributed by atoms with E-state index < -0.39 is 91.5 Å². The number of hydrogen-bond donors (Lipinski definition) is 4. The van der Waals surface area contributed by atoms with Gasteiger partial charge in [-0.15, -0.1) is 0 Å². The lowest BCUT2D eigenvalue weighted by molar-refractivity contribution is -0.161. The molecule has 16 nitrogen and oxygen atoms in total. The average Bonchev–Trinajstić information content (AvgIpc) is 0.988. The summed E-state index contributed by atoms with van der Waals surface area (Å²) in [5.41, 5.74) is 0. The molecule has 18 heteroatoms. The summed E-state index contributed by atoms with van der Waals surface area (Å²) >= 11 is 0. The Hall–Kier alpha value is -5.35. The summed E-state index contributed by atoms with van der Waals surface area (Å²) in [5.74, 6) is -1.70. The Morgan fingerprint density at radius 2 is 0.534 bits per heavy atom. The van der Waals surface area contributed by atoms with Gasteiger partial charge in [0.25, 0.3) is 0 Å². The first-order valence-electron chi connectivity index (χ1n) is 39.1. The number of phosphoric ester groups is 2. The third-order valence-electron chi connectivity index (χ3n) is 15.6. The molecule has 0 rings (SSSR count). The minimum Gasteiger partial charge on any atom is -0.463 e. The summed E-state index contributed by atoms with van der Waals surface area (Å²) in [4.78, 5) is 58.7. The highest BCUT2D eigenvalue weighted by Crippen LogP contribution is 2.45. The van der Waals surface area contributed by atoms with Crippen molar-refractivity contribution < 1.29 is 75.8 Å². The van der Waals surface area contributed by atoms with Gasteiger partial charge < -0.3 is 34.2 Å². The summed E-state index contributed by atoms with van der Waals surface area (Å²) in [5, 5.41) is 20.6. The van der Waals surface area contributed by atoms with E-state index in [1.807, 2.05) is 18.2 Å². The fourth-order valence-corrected chi connectivity index (χ4v) is 11.3. The molecule has 584 valence electrons. The van der Waals surface area contributed by atoms with Crippen LogP contribution in [0.3, 0.4) is 0 Å². The predicted octanol–water partition coefficient (Wildman–Crippen LogP) is 23.0. The van der Waals surface area contributed by atoms with Crippen molar-refractivity contribution in [3.05, 3.63) is 182 Å². The number of allylic oxidation sites excluding steroid dienone is 30. The Morgan fingerprint density at radius 3 is 0.854 bits per heavy atom. The van der Waals surface area contributed by atoms with E-state index in [4.69, 9.17) is 32.3 Å². The molecule has 5 unspecified atom stereocenters. The highest BCUT2D eigenvalue weighted by Gasteiger charge is 2.29. The highest BCUT2D eigenvalue weighted by atomic mass is 31.2. The Bertz CT molecular complexity index is 2600. The molecule has 0 spiro atoms. The van der Waals surface area contributed by atoms with E-state index >= 15 is 0 Å². The molecule has 0 bridgehead atoms. The van der Waals surface area contributed by atoms with Crippen LogP contribution in [0.2, 0.25) is 0 Å². The van der Waals surface area contributed by atoms with Crippen LogP contribution in [0.4, 0.5) is 0 Å². The van der Waals surface area contributed by atoms with E-state index in [0.717, 1.165) is 161 Å². The van der Waals surface area contributed by atoms with Gasteiger partial charge in [-0.05, 0) is 148 Å². The zero-order chi connectivity index (χ0) is 75.2. The molecular formula is C85H138O16P2. The number of rotatable bonds is 72. The second kappa shape index (κ2) is 76.3. The third kappa shape index (κ3) is 77.6. The number of carbonyl (C=O) groups is 3. The van der Waals surface area contributed by atoms with Gasteiger partial charge in [-0.2, -0.15) is 0 Å². The van der Waals surface area contributed by atoms with Crippen molar-refractivity contribution in [3.8, 4) is 0 Å². The fraction of sp³-hybridized carbons (Fsp3) is 0.612. The Labute approximate surface area is 624 Å². The van der Waals surface area contributed by atoms with E-state index in [9.17, 15) is 43.5 Å². The molecule has 0 fully saturated rings. The maximum Gasteiger partial charge on any atom is 0.472 e. The second-order valence-corrected chi connectivity index (χ2v) is 28.3. The quantitative estimate of drug-likeness (QED) is 0.0146. The normalized spacial score (nSPS) is 15.0. The lowest BCUT2D eigenvalue weighted by Gasteiger charge is -2.21. The van der Waals surface area contributed by atoms with Gasteiger partial charge in [-0.3, -0.25) is 32.5 Å². The van der Waals surface area contributed by atoms with Crippen molar-refractivity contribution in [3.63, 3.8) is 0 Å². The summed E-state index contributed by atoms with van der Waals surface area (Å²) in [6.07, 6.45) is 98.0. The van der Waals surface area contributed by atoms with Crippen LogP contribution in [-0.2, 0) is 55.8 Å². The number of phosphoric acid groups is 2. The van der Waals surface area contributed by atoms with Crippen molar-refractivity contribution >= 4 is 33.6 Å². The molecule has 0 saturated heterocycles. The molecule has 103 heavy (non-hydrogen) atoms. The van der Waals surface area contributed by atoms with Gasteiger partial charge >= 0.3 is 33.6 Å². The molecule has 0 aromatic rings. The zero-order valence-corrected chi connectivity index (χ0v) is 65.5. The van der Waals surface area contributed by atoms with E-state index in [-0.39, 0.29) is 19.3 Å². The Balaban J connectivity index is 4.75. The van der Waals surface area contributed by atoms with Crippen molar-refractivity contribution in [2.45, 2.75) is 296 Å². The van der Waals surface area contributed by atoms with Crippen LogP contribution < -0.4 is 0 Å². The van der Waals surface area contributed by atoms with Gasteiger partial charge in [0.2, 0.25) is 0 Å². The molecule has 0 aliphatic carbocycles. The first-order valence-corrected chi connectivity index (χ1v) is 42.1. The van der Waals surface area contributed by atoms with Crippen LogP contribution in [0.15, 0.2) is 182 Å². The molecule has 0 aliphatic heterocycles. The topological polar surface area (TPSA) is 231 Å². The Kier molecular flexibility index (Phi) is 72.3. The first kappa shape index (κ1) is 97.7. The molecule has 0 aromatic heterocycles. The molecule has 0 saturated carbocycles. The van der Waals surface area contributed by atoms with E-state index in [1.54, 1.807) is 0 Å². The number of aliphatic hydroxyl groups excluding tert-OH is 2. The number of carbonyl (C=O) groups excluding carboxylic acids is 3. The minimum atomic E-state index is -4.96. The highest BCUT2D eigenvalue weighted by molar-refractivity contribution is 7.47. The molecule has 0 aliphatic rings. The van der Waals surface area contributed by atoms with Crippen LogP contribution >= 0.6 is 15.6 Å². The van der Waals surface area contributed by atoms with Gasteiger partial charge in [0.1, 0.15) is 25.4 Å². The number of aliphatic hydroxyl groups is 2. The van der Waals surface area contributed by atoms with E-state index in [2.05, 4.69) is 185 Å². The first-order chi connectivity index (χ1) is 50.2. The summed E-state index contributed by atoms with van der Waals surface area (Å²) in [6.45, 7) is 2.30.